The van der Waals surface area contributed by atoms with Crippen molar-refractivity contribution in [1.29, 1.82) is 0 Å². The van der Waals surface area contributed by atoms with Gasteiger partial charge in [0, 0.05) is 48.1 Å². The summed E-state index contributed by atoms with van der Waals surface area (Å²) in [6.07, 6.45) is 7.35. The molecule has 3 aromatic rings. The first-order valence-electron chi connectivity index (χ1n) is 9.07. The highest BCUT2D eigenvalue weighted by Crippen LogP contribution is 2.29. The van der Waals surface area contributed by atoms with Crippen molar-refractivity contribution in [3.8, 4) is 11.4 Å². The molecule has 0 saturated carbocycles. The van der Waals surface area contributed by atoms with Crippen LogP contribution in [0.5, 0.6) is 0 Å². The Labute approximate surface area is 152 Å². The number of hydrogen-bond donors (Lipinski definition) is 1. The van der Waals surface area contributed by atoms with Crippen LogP contribution >= 0.6 is 0 Å². The van der Waals surface area contributed by atoms with E-state index in [1.807, 2.05) is 12.1 Å². The van der Waals surface area contributed by atoms with Gasteiger partial charge in [0.05, 0.1) is 0 Å². The Balaban J connectivity index is 1.51. The summed E-state index contributed by atoms with van der Waals surface area (Å²) in [6.45, 7) is 4.80. The number of anilines is 1. The van der Waals surface area contributed by atoms with Crippen LogP contribution in [0.3, 0.4) is 0 Å². The third kappa shape index (κ3) is 3.42. The van der Waals surface area contributed by atoms with Gasteiger partial charge in [-0.05, 0) is 31.4 Å². The normalized spacial score (nSPS) is 13.2. The second kappa shape index (κ2) is 7.19. The van der Waals surface area contributed by atoms with Crippen molar-refractivity contribution >= 4 is 5.82 Å². The van der Waals surface area contributed by atoms with Crippen molar-refractivity contribution < 1.29 is 4.52 Å². The predicted molar refractivity (Wildman–Crippen MR) is 97.9 cm³/mol. The van der Waals surface area contributed by atoms with Gasteiger partial charge >= 0.3 is 0 Å². The van der Waals surface area contributed by atoms with E-state index in [1.54, 1.807) is 12.4 Å². The Hall–Kier alpha value is -2.83. The largest absolute Gasteiger partial charge is 0.369 e. The second-order valence-electron chi connectivity index (χ2n) is 6.79. The van der Waals surface area contributed by atoms with Gasteiger partial charge < -0.3 is 9.84 Å². The molecule has 134 valence electrons. The maximum Gasteiger partial charge on any atom is 0.228 e. The summed E-state index contributed by atoms with van der Waals surface area (Å²) in [5.41, 5.74) is 3.36. The molecule has 7 heteroatoms. The Kier molecular flexibility index (Phi) is 4.60. The lowest BCUT2D eigenvalue weighted by atomic mass is 10.2. The van der Waals surface area contributed by atoms with Gasteiger partial charge in [-0.15, -0.1) is 0 Å². The van der Waals surface area contributed by atoms with Crippen LogP contribution in [0.4, 0.5) is 5.82 Å². The third-order valence-corrected chi connectivity index (χ3v) is 4.50. The lowest BCUT2D eigenvalue weighted by Gasteiger charge is -2.11. The van der Waals surface area contributed by atoms with Crippen LogP contribution in [0.1, 0.15) is 49.2 Å². The van der Waals surface area contributed by atoms with Crippen LogP contribution in [0.25, 0.3) is 11.4 Å². The summed E-state index contributed by atoms with van der Waals surface area (Å²) >= 11 is 0. The zero-order chi connectivity index (χ0) is 17.9. The first-order chi connectivity index (χ1) is 12.7. The molecule has 0 radical (unpaired) electrons. The minimum Gasteiger partial charge on any atom is -0.369 e. The lowest BCUT2D eigenvalue weighted by molar-refractivity contribution is 0.373. The van der Waals surface area contributed by atoms with E-state index < -0.39 is 0 Å². The molecular weight excluding hydrogens is 328 g/mol. The molecule has 0 bridgehead atoms. The van der Waals surface area contributed by atoms with E-state index in [2.05, 4.69) is 34.3 Å². The Morgan fingerprint density at radius 3 is 2.73 bits per heavy atom. The molecule has 4 rings (SSSR count). The minimum atomic E-state index is 0.272. The molecule has 0 atom stereocenters. The first kappa shape index (κ1) is 16.6. The Morgan fingerprint density at radius 2 is 1.96 bits per heavy atom. The molecule has 0 aliphatic heterocycles. The van der Waals surface area contributed by atoms with E-state index in [0.29, 0.717) is 18.9 Å². The molecule has 0 saturated heterocycles. The van der Waals surface area contributed by atoms with Crippen molar-refractivity contribution in [3.63, 3.8) is 0 Å². The van der Waals surface area contributed by atoms with Gasteiger partial charge in [-0.3, -0.25) is 4.98 Å². The number of aromatic nitrogens is 5. The average molecular weight is 350 g/mol. The van der Waals surface area contributed by atoms with E-state index in [1.165, 1.54) is 5.56 Å². The van der Waals surface area contributed by atoms with Crippen LogP contribution in [0, 0.1) is 0 Å². The highest BCUT2D eigenvalue weighted by atomic mass is 16.5. The van der Waals surface area contributed by atoms with Gasteiger partial charge in [0.1, 0.15) is 5.82 Å². The molecule has 0 fully saturated rings. The predicted octanol–water partition coefficient (Wildman–Crippen LogP) is 3.19. The minimum absolute atomic E-state index is 0.272. The Morgan fingerprint density at radius 1 is 1.12 bits per heavy atom. The number of hydrogen-bond acceptors (Lipinski definition) is 7. The fourth-order valence-electron chi connectivity index (χ4n) is 3.10. The first-order valence-corrected chi connectivity index (χ1v) is 9.07. The van der Waals surface area contributed by atoms with E-state index in [0.717, 1.165) is 48.0 Å². The molecule has 0 unspecified atom stereocenters. The van der Waals surface area contributed by atoms with Gasteiger partial charge in [0.15, 0.2) is 11.6 Å². The van der Waals surface area contributed by atoms with Crippen molar-refractivity contribution in [3.05, 3.63) is 47.5 Å². The highest BCUT2D eigenvalue weighted by molar-refractivity contribution is 5.60. The molecular formula is C19H22N6O. The van der Waals surface area contributed by atoms with Gasteiger partial charge in [0.25, 0.3) is 0 Å². The van der Waals surface area contributed by atoms with Crippen LogP contribution in [-0.2, 0) is 19.3 Å². The number of rotatable bonds is 6. The highest BCUT2D eigenvalue weighted by Gasteiger charge is 2.20. The van der Waals surface area contributed by atoms with E-state index in [9.17, 15) is 0 Å². The van der Waals surface area contributed by atoms with Crippen molar-refractivity contribution in [2.45, 2.75) is 45.4 Å². The summed E-state index contributed by atoms with van der Waals surface area (Å²) in [7, 11) is 0. The summed E-state index contributed by atoms with van der Waals surface area (Å²) in [4.78, 5) is 18.0. The fraction of sp³-hybridized carbons (Fsp3) is 0.421. The number of nitrogens with zero attached hydrogens (tertiary/aromatic N) is 5. The van der Waals surface area contributed by atoms with Gasteiger partial charge in [0.2, 0.25) is 5.89 Å². The molecule has 0 amide bonds. The van der Waals surface area contributed by atoms with Crippen LogP contribution in [-0.4, -0.2) is 31.6 Å². The second-order valence-corrected chi connectivity index (χ2v) is 6.79. The SMILES string of the molecule is CC(C)c1noc(CCNc2nc(-c3ccncc3)nc3c2CCC3)n1. The maximum atomic E-state index is 5.31. The summed E-state index contributed by atoms with van der Waals surface area (Å²) in [6, 6.07) is 3.87. The van der Waals surface area contributed by atoms with Gasteiger partial charge in [-0.25, -0.2) is 9.97 Å². The van der Waals surface area contributed by atoms with Crippen molar-refractivity contribution in [1.82, 2.24) is 25.1 Å². The molecule has 26 heavy (non-hydrogen) atoms. The summed E-state index contributed by atoms with van der Waals surface area (Å²) in [5, 5.41) is 7.46. The van der Waals surface area contributed by atoms with Crippen LogP contribution in [0.15, 0.2) is 29.0 Å². The molecule has 7 nitrogen and oxygen atoms in total. The van der Waals surface area contributed by atoms with Crippen molar-refractivity contribution in [2.75, 3.05) is 11.9 Å². The maximum absolute atomic E-state index is 5.31. The van der Waals surface area contributed by atoms with Gasteiger partial charge in [-0.1, -0.05) is 19.0 Å². The third-order valence-electron chi connectivity index (χ3n) is 4.50. The molecule has 0 spiro atoms. The number of nitrogens with one attached hydrogen (secondary N) is 1. The number of pyridine rings is 1. The van der Waals surface area contributed by atoms with Crippen LogP contribution in [0.2, 0.25) is 0 Å². The summed E-state index contributed by atoms with van der Waals surface area (Å²) < 4.78 is 5.31. The quantitative estimate of drug-likeness (QED) is 0.730. The topological polar surface area (TPSA) is 89.6 Å². The smallest absolute Gasteiger partial charge is 0.228 e. The zero-order valence-corrected chi connectivity index (χ0v) is 15.1. The van der Waals surface area contributed by atoms with Gasteiger partial charge in [-0.2, -0.15) is 4.98 Å². The zero-order valence-electron chi connectivity index (χ0n) is 15.1. The number of fused-ring (bicyclic) bond motifs is 1. The fourth-order valence-corrected chi connectivity index (χ4v) is 3.10. The molecule has 1 N–H and O–H groups in total. The monoisotopic (exact) mass is 350 g/mol. The number of aryl methyl sites for hydroxylation is 1. The average Bonchev–Trinajstić information content (AvgIpc) is 3.31. The van der Waals surface area contributed by atoms with Crippen molar-refractivity contribution in [2.24, 2.45) is 0 Å². The molecule has 0 aromatic carbocycles. The molecule has 1 aliphatic carbocycles. The van der Waals surface area contributed by atoms with E-state index in [4.69, 9.17) is 14.5 Å². The summed E-state index contributed by atoms with van der Waals surface area (Å²) in [5.74, 6) is 3.34. The van der Waals surface area contributed by atoms with E-state index >= 15 is 0 Å². The molecule has 3 aromatic heterocycles. The van der Waals surface area contributed by atoms with E-state index in [-0.39, 0.29) is 5.92 Å². The Bertz CT molecular complexity index is 890. The van der Waals surface area contributed by atoms with Crippen LogP contribution < -0.4 is 5.32 Å². The molecule has 3 heterocycles. The standard InChI is InChI=1S/C19H22N6O/c1-12(2)17-23-16(26-25-17)8-11-21-19-14-4-3-5-15(14)22-18(24-19)13-6-9-20-10-7-13/h6-7,9-10,12H,3-5,8,11H2,1-2H3,(H,21,22,24). The lowest BCUT2D eigenvalue weighted by Crippen LogP contribution is -2.11. The molecule has 1 aliphatic rings.